The first-order valence-electron chi connectivity index (χ1n) is 7.24. The summed E-state index contributed by atoms with van der Waals surface area (Å²) in [4.78, 5) is 17.9. The molecule has 1 aliphatic heterocycles. The van der Waals surface area contributed by atoms with Gasteiger partial charge in [0.15, 0.2) is 14.9 Å². The van der Waals surface area contributed by atoms with Gasteiger partial charge in [0.1, 0.15) is 0 Å². The van der Waals surface area contributed by atoms with Crippen molar-refractivity contribution in [2.24, 2.45) is 0 Å². The summed E-state index contributed by atoms with van der Waals surface area (Å²) in [7, 11) is -3.34. The summed E-state index contributed by atoms with van der Waals surface area (Å²) in [6, 6.07) is 12.7. The van der Waals surface area contributed by atoms with Crippen molar-refractivity contribution >= 4 is 21.6 Å². The molecule has 1 aromatic carbocycles. The Bertz CT molecular complexity index is 804. The zero-order chi connectivity index (χ0) is 16.4. The smallest absolute Gasteiger partial charge is 0.317 e. The van der Waals surface area contributed by atoms with E-state index in [-0.39, 0.29) is 17.1 Å². The molecule has 2 amide bonds. The average molecular weight is 331 g/mol. The minimum atomic E-state index is -3.34. The van der Waals surface area contributed by atoms with E-state index >= 15 is 0 Å². The molecule has 0 bridgehead atoms. The number of rotatable bonds is 3. The lowest BCUT2D eigenvalue weighted by Gasteiger charge is -2.41. The second kappa shape index (κ2) is 6.00. The number of carbonyl (C=O) groups is 1. The molecule has 0 aliphatic carbocycles. The highest BCUT2D eigenvalue weighted by atomic mass is 32.2. The highest BCUT2D eigenvalue weighted by Crippen LogP contribution is 2.33. The third kappa shape index (κ3) is 3.34. The van der Waals surface area contributed by atoms with E-state index in [0.29, 0.717) is 12.2 Å². The van der Waals surface area contributed by atoms with Crippen LogP contribution in [0.4, 0.5) is 10.5 Å². The standard InChI is InChI=1S/C16H17N3O3S/c1-23(21,22)15-8-7-13(11-17-15)18-16(20)19-10-9-14(19)12-5-3-2-4-6-12/h2-8,11,14H,9-10H2,1H3,(H,18,20)/t14-/m1/s1. The van der Waals surface area contributed by atoms with E-state index in [1.54, 1.807) is 11.0 Å². The van der Waals surface area contributed by atoms with E-state index < -0.39 is 9.84 Å². The minimum absolute atomic E-state index is 0.0124. The average Bonchev–Trinajstić information content (AvgIpc) is 2.46. The molecule has 2 aromatic rings. The molecule has 0 spiro atoms. The van der Waals surface area contributed by atoms with Gasteiger partial charge in [-0.15, -0.1) is 0 Å². The lowest BCUT2D eigenvalue weighted by Crippen LogP contribution is -2.47. The summed E-state index contributed by atoms with van der Waals surface area (Å²) in [6.07, 6.45) is 3.38. The fourth-order valence-electron chi connectivity index (χ4n) is 2.52. The minimum Gasteiger partial charge on any atom is -0.317 e. The van der Waals surface area contributed by atoms with Crippen molar-refractivity contribution in [2.45, 2.75) is 17.5 Å². The maximum Gasteiger partial charge on any atom is 0.322 e. The van der Waals surface area contributed by atoms with Crippen LogP contribution in [-0.2, 0) is 9.84 Å². The van der Waals surface area contributed by atoms with Crippen LogP contribution in [0.5, 0.6) is 0 Å². The maximum atomic E-state index is 12.3. The monoisotopic (exact) mass is 331 g/mol. The van der Waals surface area contributed by atoms with Crippen LogP contribution >= 0.6 is 0 Å². The summed E-state index contributed by atoms with van der Waals surface area (Å²) in [5, 5.41) is 2.74. The topological polar surface area (TPSA) is 79.4 Å². The number of nitrogens with one attached hydrogen (secondary N) is 1. The van der Waals surface area contributed by atoms with Gasteiger partial charge in [0.2, 0.25) is 0 Å². The normalized spacial score (nSPS) is 17.4. The van der Waals surface area contributed by atoms with Crippen molar-refractivity contribution in [3.8, 4) is 0 Å². The lowest BCUT2D eigenvalue weighted by atomic mass is 9.95. The molecular formula is C16H17N3O3S. The molecule has 120 valence electrons. The number of benzene rings is 1. The molecule has 1 atom stereocenters. The van der Waals surface area contributed by atoms with E-state index in [1.165, 1.54) is 12.3 Å². The molecular weight excluding hydrogens is 314 g/mol. The van der Waals surface area contributed by atoms with Crippen LogP contribution in [0.1, 0.15) is 18.0 Å². The summed E-state index contributed by atoms with van der Waals surface area (Å²) in [6.45, 7) is 0.695. The molecule has 3 rings (SSSR count). The number of hydrogen-bond acceptors (Lipinski definition) is 4. The Balaban J connectivity index is 1.68. The zero-order valence-corrected chi connectivity index (χ0v) is 13.5. The highest BCUT2D eigenvalue weighted by molar-refractivity contribution is 7.90. The number of likely N-dealkylation sites (tertiary alicyclic amines) is 1. The Labute approximate surface area is 135 Å². The van der Waals surface area contributed by atoms with Gasteiger partial charge in [-0.05, 0) is 24.1 Å². The second-order valence-corrected chi connectivity index (χ2v) is 7.46. The van der Waals surface area contributed by atoms with Crippen molar-refractivity contribution in [3.05, 3.63) is 54.2 Å². The number of amides is 2. The second-order valence-electron chi connectivity index (χ2n) is 5.50. The van der Waals surface area contributed by atoms with Crippen molar-refractivity contribution in [1.82, 2.24) is 9.88 Å². The molecule has 6 nitrogen and oxygen atoms in total. The fourth-order valence-corrected chi connectivity index (χ4v) is 3.08. The maximum absolute atomic E-state index is 12.3. The Morgan fingerprint density at radius 1 is 1.22 bits per heavy atom. The van der Waals surface area contributed by atoms with Crippen LogP contribution < -0.4 is 5.32 Å². The van der Waals surface area contributed by atoms with Crippen LogP contribution in [0.2, 0.25) is 0 Å². The van der Waals surface area contributed by atoms with Gasteiger partial charge in [0.05, 0.1) is 17.9 Å². The molecule has 1 fully saturated rings. The first kappa shape index (κ1) is 15.5. The van der Waals surface area contributed by atoms with E-state index in [4.69, 9.17) is 0 Å². The Morgan fingerprint density at radius 3 is 2.48 bits per heavy atom. The molecule has 23 heavy (non-hydrogen) atoms. The largest absolute Gasteiger partial charge is 0.322 e. The van der Waals surface area contributed by atoms with Gasteiger partial charge in [-0.25, -0.2) is 18.2 Å². The third-order valence-electron chi connectivity index (χ3n) is 3.83. The first-order chi connectivity index (χ1) is 10.9. The predicted molar refractivity (Wildman–Crippen MR) is 86.9 cm³/mol. The van der Waals surface area contributed by atoms with Gasteiger partial charge in [0, 0.05) is 12.8 Å². The number of hydrogen-bond donors (Lipinski definition) is 1. The molecule has 1 N–H and O–H groups in total. The molecule has 7 heteroatoms. The van der Waals surface area contributed by atoms with Gasteiger partial charge >= 0.3 is 6.03 Å². The number of nitrogens with zero attached hydrogens (tertiary/aromatic N) is 2. The summed E-state index contributed by atoms with van der Waals surface area (Å²) in [5.74, 6) is 0. The molecule has 0 saturated carbocycles. The zero-order valence-electron chi connectivity index (χ0n) is 12.6. The fraction of sp³-hybridized carbons (Fsp3) is 0.250. The molecule has 1 aliphatic rings. The Morgan fingerprint density at radius 2 is 1.96 bits per heavy atom. The summed E-state index contributed by atoms with van der Waals surface area (Å²) < 4.78 is 22.7. The van der Waals surface area contributed by atoms with E-state index in [2.05, 4.69) is 10.3 Å². The number of carbonyl (C=O) groups excluding carboxylic acids is 1. The van der Waals surface area contributed by atoms with E-state index in [0.717, 1.165) is 18.2 Å². The molecule has 1 saturated heterocycles. The highest BCUT2D eigenvalue weighted by Gasteiger charge is 2.33. The van der Waals surface area contributed by atoms with E-state index in [1.807, 2.05) is 30.3 Å². The number of sulfone groups is 1. The first-order valence-corrected chi connectivity index (χ1v) is 9.13. The third-order valence-corrected chi connectivity index (χ3v) is 4.83. The van der Waals surface area contributed by atoms with Crippen molar-refractivity contribution in [3.63, 3.8) is 0 Å². The van der Waals surface area contributed by atoms with Crippen molar-refractivity contribution < 1.29 is 13.2 Å². The lowest BCUT2D eigenvalue weighted by molar-refractivity contribution is 0.126. The SMILES string of the molecule is CS(=O)(=O)c1ccc(NC(=O)N2CC[C@@H]2c2ccccc2)cn1. The van der Waals surface area contributed by atoms with Crippen LogP contribution in [0.15, 0.2) is 53.7 Å². The van der Waals surface area contributed by atoms with Crippen molar-refractivity contribution in [1.29, 1.82) is 0 Å². The van der Waals surface area contributed by atoms with Crippen LogP contribution in [0.3, 0.4) is 0 Å². The van der Waals surface area contributed by atoms with Gasteiger partial charge in [-0.2, -0.15) is 0 Å². The van der Waals surface area contributed by atoms with Gasteiger partial charge in [0.25, 0.3) is 0 Å². The molecule has 1 aromatic heterocycles. The number of pyridine rings is 1. The molecule has 2 heterocycles. The van der Waals surface area contributed by atoms with Crippen molar-refractivity contribution in [2.75, 3.05) is 18.1 Å². The van der Waals surface area contributed by atoms with Crippen LogP contribution in [0, 0.1) is 0 Å². The number of aromatic nitrogens is 1. The van der Waals surface area contributed by atoms with Gasteiger partial charge in [-0.1, -0.05) is 30.3 Å². The van der Waals surface area contributed by atoms with Gasteiger partial charge < -0.3 is 10.2 Å². The van der Waals surface area contributed by atoms with Gasteiger partial charge in [-0.3, -0.25) is 0 Å². The number of urea groups is 1. The Kier molecular flexibility index (Phi) is 4.04. The van der Waals surface area contributed by atoms with Crippen LogP contribution in [-0.4, -0.2) is 37.1 Å². The van der Waals surface area contributed by atoms with Crippen LogP contribution in [0.25, 0.3) is 0 Å². The number of anilines is 1. The predicted octanol–water partition coefficient (Wildman–Crippen LogP) is 2.46. The Hall–Kier alpha value is -2.41. The summed E-state index contributed by atoms with van der Waals surface area (Å²) in [5.41, 5.74) is 1.58. The molecule has 0 radical (unpaired) electrons. The molecule has 0 unspecified atom stereocenters. The van der Waals surface area contributed by atoms with E-state index in [9.17, 15) is 13.2 Å². The summed E-state index contributed by atoms with van der Waals surface area (Å²) >= 11 is 0. The quantitative estimate of drug-likeness (QED) is 0.937.